The summed E-state index contributed by atoms with van der Waals surface area (Å²) in [6.07, 6.45) is -12.9. The Morgan fingerprint density at radius 1 is 0.847 bits per heavy atom. The number of aromatic amines is 2. The number of aromatic nitrogens is 8. The number of phosphoric acid groups is 4. The number of aliphatic hydroxyl groups excluding tert-OH is 3. The number of aryl methyl sites for hydroxylation is 1. The number of nitrogens with one attached hydrogen (secondary N) is 2. The van der Waals surface area contributed by atoms with Gasteiger partial charge in [-0.2, -0.15) is 13.6 Å². The Labute approximate surface area is 327 Å². The Morgan fingerprint density at radius 3 is 2.07 bits per heavy atom. The highest BCUT2D eigenvalue weighted by molar-refractivity contribution is 7.66. The number of fused-ring (bicyclic) bond motifs is 2. The average molecular weight is 926 g/mol. The molecule has 0 aliphatic carbocycles. The van der Waals surface area contributed by atoms with Crippen LogP contribution in [-0.2, 0) is 61.5 Å². The number of nitrogen functional groups attached to an aromatic ring is 2. The first-order chi connectivity index (χ1) is 27.3. The fraction of sp³-hybridized carbons (Fsp3) is 0.583. The van der Waals surface area contributed by atoms with Gasteiger partial charge in [0.2, 0.25) is 17.7 Å². The van der Waals surface area contributed by atoms with Crippen molar-refractivity contribution in [2.45, 2.75) is 69.0 Å². The molecule has 0 bridgehead atoms. The summed E-state index contributed by atoms with van der Waals surface area (Å²) in [6.45, 7) is 0.353. The number of ether oxygens (including phenoxy) is 2. The number of H-pyrrole nitrogens is 2. The first kappa shape index (κ1) is 45.2. The van der Waals surface area contributed by atoms with Gasteiger partial charge in [0.25, 0.3) is 17.1 Å². The minimum atomic E-state index is -6.12. The van der Waals surface area contributed by atoms with E-state index in [1.165, 1.54) is 31.8 Å². The van der Waals surface area contributed by atoms with Crippen LogP contribution in [0.2, 0.25) is 0 Å². The van der Waals surface area contributed by atoms with E-state index in [1.54, 1.807) is 0 Å². The molecular weight excluding hydrogens is 888 g/mol. The molecule has 13 N–H and O–H groups in total. The molecule has 12 atom stereocenters. The lowest BCUT2D eigenvalue weighted by molar-refractivity contribution is -0.745. The van der Waals surface area contributed by atoms with E-state index >= 15 is 0 Å². The lowest BCUT2D eigenvalue weighted by atomic mass is 10.1. The van der Waals surface area contributed by atoms with E-state index in [2.05, 4.69) is 38.1 Å². The Bertz CT molecular complexity index is 2550. The number of hydrogen-bond acceptors (Lipinski definition) is 22. The van der Waals surface area contributed by atoms with Crippen LogP contribution in [0.15, 0.2) is 22.2 Å². The van der Waals surface area contributed by atoms with Crippen LogP contribution >= 0.6 is 31.3 Å². The van der Waals surface area contributed by atoms with Crippen molar-refractivity contribution in [3.63, 3.8) is 0 Å². The van der Waals surface area contributed by atoms with Crippen molar-refractivity contribution in [1.82, 2.24) is 34.1 Å². The Morgan fingerprint density at radius 2 is 1.44 bits per heavy atom. The minimum absolute atomic E-state index is 0.00944. The highest BCUT2D eigenvalue weighted by Gasteiger charge is 2.52. The zero-order valence-corrected chi connectivity index (χ0v) is 33.8. The van der Waals surface area contributed by atoms with E-state index in [-0.39, 0.29) is 34.2 Å². The summed E-state index contributed by atoms with van der Waals surface area (Å²) >= 11 is 0. The molecule has 31 nitrogen and oxygen atoms in total. The van der Waals surface area contributed by atoms with Crippen LogP contribution < -0.4 is 27.2 Å². The second-order valence-corrected chi connectivity index (χ2v) is 19.0. The third kappa shape index (κ3) is 9.90. The second-order valence-electron chi connectivity index (χ2n) is 13.0. The van der Waals surface area contributed by atoms with E-state index < -0.39 is 111 Å². The van der Waals surface area contributed by atoms with Crippen molar-refractivity contribution in [2.75, 3.05) is 24.7 Å². The van der Waals surface area contributed by atoms with E-state index in [9.17, 15) is 62.7 Å². The molecule has 6 rings (SSSR count). The molecule has 0 amide bonds. The van der Waals surface area contributed by atoms with E-state index in [0.717, 1.165) is 15.5 Å². The highest BCUT2D eigenvalue weighted by Crippen LogP contribution is 2.68. The van der Waals surface area contributed by atoms with Crippen LogP contribution in [0.5, 0.6) is 0 Å². The average Bonchev–Trinajstić information content (AvgIpc) is 3.80. The van der Waals surface area contributed by atoms with E-state index in [4.69, 9.17) is 34.5 Å². The molecule has 2 aliphatic heterocycles. The highest BCUT2D eigenvalue weighted by atomic mass is 31.3. The van der Waals surface area contributed by atoms with Gasteiger partial charge >= 0.3 is 36.9 Å². The summed E-state index contributed by atoms with van der Waals surface area (Å²) in [5.41, 5.74) is 9.16. The van der Waals surface area contributed by atoms with Crippen molar-refractivity contribution in [3.05, 3.63) is 33.4 Å². The van der Waals surface area contributed by atoms with Gasteiger partial charge in [0, 0.05) is 0 Å². The van der Waals surface area contributed by atoms with Gasteiger partial charge in [-0.3, -0.25) is 46.8 Å². The molecule has 0 radical (unpaired) electrons. The molecule has 2 saturated heterocycles. The van der Waals surface area contributed by atoms with Gasteiger partial charge in [-0.1, -0.05) is 4.98 Å². The summed E-state index contributed by atoms with van der Waals surface area (Å²) < 4.78 is 92.8. The van der Waals surface area contributed by atoms with Crippen LogP contribution in [0.3, 0.4) is 0 Å². The molecule has 6 heterocycles. The fourth-order valence-corrected chi connectivity index (χ4v) is 10.7. The molecule has 4 aromatic rings. The fourth-order valence-electron chi connectivity index (χ4n) is 6.00. The largest absolute Gasteiger partial charge is 0.490 e. The van der Waals surface area contributed by atoms with Gasteiger partial charge in [0.1, 0.15) is 36.6 Å². The lowest BCUT2D eigenvalue weighted by Gasteiger charge is -2.24. The number of imidazole rings is 2. The zero-order valence-electron chi connectivity index (χ0n) is 30.2. The molecule has 10 unspecified atom stereocenters. The molecule has 2 fully saturated rings. The third-order valence-corrected chi connectivity index (χ3v) is 13.7. The lowest BCUT2D eigenvalue weighted by Crippen LogP contribution is -2.46. The molecule has 4 aromatic heterocycles. The molecule has 35 heteroatoms. The maximum Gasteiger partial charge on any atom is 0.490 e. The first-order valence-electron chi connectivity index (χ1n) is 16.5. The maximum absolute atomic E-state index is 12.8. The van der Waals surface area contributed by atoms with Crippen molar-refractivity contribution < 1.29 is 93.9 Å². The number of aliphatic hydroxyl groups is 3. The number of anilines is 2. The molecule has 2 aliphatic rings. The SMILES string of the molecule is CC(C)OP(=O)(O)OC1C(COP(=O)(O)OP(=O)(O)OP(=O)(O)OC[C@H]2O[C@@H]([n+]3cn(C)c4c(=O)[nH]c(N)nc43)C(O)C2O)OC(n2cnc3c(=O)[nH]c(N)nc32)C1O. The molecule has 328 valence electrons. The summed E-state index contributed by atoms with van der Waals surface area (Å²) in [6, 6.07) is 0. The Hall–Kier alpha value is -3.38. The van der Waals surface area contributed by atoms with Gasteiger partial charge in [-0.05, 0) is 13.8 Å². The topological polar surface area (TPSA) is 454 Å². The number of nitrogens with two attached hydrogens (primary N) is 2. The standard InChI is InChI=1S/C24H36N10O21P4/c1-8(2)52-58(44,45)53-16-10(51-22(15(16)37)33-6-27-11-17(33)28-23(25)30-19(11)38)5-49-57(42,43)55-59(46,47)54-56(40,41)48-4-9-13(35)14(36)21(50-9)34-7-32(3)12-18(34)29-24(26)31-20(12)39/h6-10,13-16,21-22,35-37H,4-5H2,1-3H3,(H9-,25,26,28,29,30,31,38,39,40,41,42,43,44,45,46,47)/p+1/t9-,10?,13?,14?,15?,16?,21-,22?/m1/s1. The molecule has 59 heavy (non-hydrogen) atoms. The van der Waals surface area contributed by atoms with Gasteiger partial charge in [-0.25, -0.2) is 27.8 Å². The third-order valence-electron chi connectivity index (χ3n) is 8.25. The van der Waals surface area contributed by atoms with Crippen LogP contribution in [0, 0.1) is 0 Å². The van der Waals surface area contributed by atoms with Crippen LogP contribution in [0.25, 0.3) is 22.3 Å². The minimum Gasteiger partial charge on any atom is -0.387 e. The zero-order chi connectivity index (χ0) is 43.6. The summed E-state index contributed by atoms with van der Waals surface area (Å²) in [7, 11) is -21.3. The van der Waals surface area contributed by atoms with E-state index in [1.807, 2.05) is 0 Å². The van der Waals surface area contributed by atoms with Crippen molar-refractivity contribution in [3.8, 4) is 0 Å². The second kappa shape index (κ2) is 16.5. The summed E-state index contributed by atoms with van der Waals surface area (Å²) in [5.74, 6) is -0.674. The Balaban J connectivity index is 1.11. The molecule has 0 saturated carbocycles. The van der Waals surface area contributed by atoms with E-state index in [0.29, 0.717) is 0 Å². The van der Waals surface area contributed by atoms with Crippen LogP contribution in [-0.4, -0.2) is 125 Å². The van der Waals surface area contributed by atoms with Crippen LogP contribution in [0.4, 0.5) is 11.9 Å². The van der Waals surface area contributed by atoms with Crippen molar-refractivity contribution in [2.24, 2.45) is 7.05 Å². The monoisotopic (exact) mass is 925 g/mol. The van der Waals surface area contributed by atoms with Crippen molar-refractivity contribution in [1.29, 1.82) is 0 Å². The van der Waals surface area contributed by atoms with Gasteiger partial charge < -0.3 is 55.8 Å². The first-order valence-corrected chi connectivity index (χ1v) is 22.5. The van der Waals surface area contributed by atoms with Crippen LogP contribution in [0.1, 0.15) is 26.3 Å². The molecular formula is C24H37N10O21P4+. The molecule has 0 spiro atoms. The predicted octanol–water partition coefficient (Wildman–Crippen LogP) is -3.00. The van der Waals surface area contributed by atoms with Gasteiger partial charge in [-0.15, -0.1) is 0 Å². The van der Waals surface area contributed by atoms with Crippen molar-refractivity contribution >= 4 is 65.5 Å². The van der Waals surface area contributed by atoms with Gasteiger partial charge in [0.15, 0.2) is 23.7 Å². The smallest absolute Gasteiger partial charge is 0.387 e. The Kier molecular flexibility index (Phi) is 12.6. The number of rotatable bonds is 16. The number of nitrogens with zero attached hydrogens (tertiary/aromatic N) is 6. The maximum atomic E-state index is 12.8. The quantitative estimate of drug-likeness (QED) is 0.0394. The van der Waals surface area contributed by atoms with Gasteiger partial charge in [0.05, 0.1) is 32.7 Å². The summed E-state index contributed by atoms with van der Waals surface area (Å²) in [5, 5.41) is 32.4. The molecule has 0 aromatic carbocycles. The number of hydrogen-bond donors (Lipinski definition) is 11. The predicted molar refractivity (Wildman–Crippen MR) is 189 cm³/mol. The summed E-state index contributed by atoms with van der Waals surface area (Å²) in [4.78, 5) is 81.7. The normalized spacial score (nSPS) is 29.1. The number of phosphoric ester groups is 3.